The first-order chi connectivity index (χ1) is 12.3. The highest BCUT2D eigenvalue weighted by atomic mass is 16.1. The molecule has 3 nitrogen and oxygen atoms in total. The predicted octanol–water partition coefficient (Wildman–Crippen LogP) is 4.08. The molecule has 124 valence electrons. The molecule has 6 rings (SSSR count). The van der Waals surface area contributed by atoms with Crippen LogP contribution >= 0.6 is 0 Å². The molecule has 4 aliphatic carbocycles. The van der Waals surface area contributed by atoms with Gasteiger partial charge in [-0.25, -0.2) is 0 Å². The molecule has 2 aromatic carbocycles. The van der Waals surface area contributed by atoms with Gasteiger partial charge in [0.25, 0.3) is 5.71 Å². The summed E-state index contributed by atoms with van der Waals surface area (Å²) in [5.74, 6) is 1.29. The lowest BCUT2D eigenvalue weighted by atomic mass is 9.45. The standard InChI is InChI=1S/C22H20N2O/c23-24-21-15-11-18-20(14-9-5-2-6-10-14)16(21)12-17(22(18)25)19(15)13-7-3-1-4-8-13/h1-10,15-20H,11-12H2. The minimum atomic E-state index is 0.0709. The van der Waals surface area contributed by atoms with E-state index in [4.69, 9.17) is 0 Å². The molecule has 6 unspecified atom stereocenters. The van der Waals surface area contributed by atoms with E-state index in [2.05, 4.69) is 29.1 Å². The van der Waals surface area contributed by atoms with Gasteiger partial charge in [-0.05, 0) is 24.0 Å². The SMILES string of the molecule is [N-]=[N+]=C1C2CC3C(=O)C(CC1C3c1ccccc1)C2c1ccccc1. The fraction of sp³-hybridized carbons (Fsp3) is 0.364. The highest BCUT2D eigenvalue weighted by Gasteiger charge is 2.64. The van der Waals surface area contributed by atoms with Crippen molar-refractivity contribution in [2.24, 2.45) is 23.7 Å². The summed E-state index contributed by atoms with van der Waals surface area (Å²) in [6.07, 6.45) is 1.62. The molecule has 0 saturated heterocycles. The second-order valence-corrected chi connectivity index (χ2v) is 7.70. The van der Waals surface area contributed by atoms with Crippen LogP contribution in [0.3, 0.4) is 0 Å². The van der Waals surface area contributed by atoms with E-state index in [9.17, 15) is 10.3 Å². The van der Waals surface area contributed by atoms with Crippen molar-refractivity contribution in [3.8, 4) is 0 Å². The molecule has 25 heavy (non-hydrogen) atoms. The maximum absolute atomic E-state index is 13.2. The van der Waals surface area contributed by atoms with Crippen LogP contribution in [0.25, 0.3) is 5.53 Å². The Morgan fingerprint density at radius 2 is 1.16 bits per heavy atom. The van der Waals surface area contributed by atoms with E-state index >= 15 is 0 Å². The van der Waals surface area contributed by atoms with Crippen LogP contribution in [-0.4, -0.2) is 16.3 Å². The Morgan fingerprint density at radius 3 is 1.56 bits per heavy atom. The van der Waals surface area contributed by atoms with E-state index in [-0.39, 0.29) is 35.5 Å². The maximum atomic E-state index is 13.2. The van der Waals surface area contributed by atoms with Crippen molar-refractivity contribution in [1.29, 1.82) is 0 Å². The minimum Gasteiger partial charge on any atom is -0.362 e. The van der Waals surface area contributed by atoms with Crippen molar-refractivity contribution in [2.45, 2.75) is 24.7 Å². The fourth-order valence-corrected chi connectivity index (χ4v) is 5.87. The molecule has 0 amide bonds. The van der Waals surface area contributed by atoms with Gasteiger partial charge in [0.15, 0.2) is 0 Å². The molecule has 4 aliphatic rings. The molecule has 3 heteroatoms. The number of carbonyl (C=O) groups is 1. The third-order valence-corrected chi connectivity index (χ3v) is 6.72. The van der Waals surface area contributed by atoms with Crippen LogP contribution in [-0.2, 0) is 4.79 Å². The van der Waals surface area contributed by atoms with Gasteiger partial charge in [0, 0.05) is 23.7 Å². The molecular weight excluding hydrogens is 308 g/mol. The van der Waals surface area contributed by atoms with Gasteiger partial charge in [-0.15, -0.1) is 0 Å². The predicted molar refractivity (Wildman–Crippen MR) is 95.2 cm³/mol. The average Bonchev–Trinajstić information content (AvgIpc) is 2.66. The van der Waals surface area contributed by atoms with E-state index in [1.54, 1.807) is 0 Å². The number of benzene rings is 2. The summed E-state index contributed by atoms with van der Waals surface area (Å²) in [6.45, 7) is 0. The average molecular weight is 328 g/mol. The normalized spacial score (nSPS) is 35.7. The zero-order chi connectivity index (χ0) is 17.0. The number of nitrogens with zero attached hydrogens (tertiary/aromatic N) is 2. The van der Waals surface area contributed by atoms with Gasteiger partial charge in [-0.2, -0.15) is 4.79 Å². The van der Waals surface area contributed by atoms with Crippen LogP contribution in [0.4, 0.5) is 0 Å². The number of carbonyl (C=O) groups excluding carboxylic acids is 1. The van der Waals surface area contributed by atoms with Crippen molar-refractivity contribution >= 4 is 11.5 Å². The quantitative estimate of drug-likeness (QED) is 0.605. The summed E-state index contributed by atoms with van der Waals surface area (Å²) in [5, 5.41) is 0. The van der Waals surface area contributed by atoms with E-state index in [0.29, 0.717) is 5.78 Å². The van der Waals surface area contributed by atoms with Crippen LogP contribution in [0, 0.1) is 23.7 Å². The lowest BCUT2D eigenvalue weighted by Crippen LogP contribution is -2.58. The molecule has 0 N–H and O–H groups in total. The smallest absolute Gasteiger partial charge is 0.276 e. The lowest BCUT2D eigenvalue weighted by molar-refractivity contribution is -0.141. The van der Waals surface area contributed by atoms with Crippen molar-refractivity contribution in [2.75, 3.05) is 0 Å². The lowest BCUT2D eigenvalue weighted by Gasteiger charge is -2.54. The number of ketones is 1. The van der Waals surface area contributed by atoms with Crippen LogP contribution in [0.5, 0.6) is 0 Å². The Hall–Kier alpha value is -2.51. The molecule has 4 fully saturated rings. The van der Waals surface area contributed by atoms with Gasteiger partial charge in [-0.3, -0.25) is 4.79 Å². The van der Waals surface area contributed by atoms with Crippen molar-refractivity contribution in [3.63, 3.8) is 0 Å². The summed E-state index contributed by atoms with van der Waals surface area (Å²) in [5.41, 5.74) is 13.1. The molecule has 0 heterocycles. The van der Waals surface area contributed by atoms with Crippen LogP contribution in [0.1, 0.15) is 35.8 Å². The van der Waals surface area contributed by atoms with Gasteiger partial charge < -0.3 is 5.53 Å². The molecule has 0 radical (unpaired) electrons. The third-order valence-electron chi connectivity index (χ3n) is 6.72. The molecule has 4 bridgehead atoms. The van der Waals surface area contributed by atoms with Gasteiger partial charge in [0.05, 0.1) is 11.8 Å². The third kappa shape index (κ3) is 2.03. The summed E-state index contributed by atoms with van der Waals surface area (Å²) >= 11 is 0. The first-order valence-corrected chi connectivity index (χ1v) is 9.15. The molecule has 4 saturated carbocycles. The van der Waals surface area contributed by atoms with Gasteiger partial charge in [-0.1, -0.05) is 60.7 Å². The van der Waals surface area contributed by atoms with E-state index < -0.39 is 0 Å². The van der Waals surface area contributed by atoms with Gasteiger partial charge in [0.2, 0.25) is 0 Å². The number of hydrogen-bond donors (Lipinski definition) is 0. The Morgan fingerprint density at radius 1 is 0.720 bits per heavy atom. The van der Waals surface area contributed by atoms with Crippen molar-refractivity contribution < 1.29 is 9.58 Å². The largest absolute Gasteiger partial charge is 0.362 e. The molecular formula is C22H20N2O. The minimum absolute atomic E-state index is 0.0709. The van der Waals surface area contributed by atoms with Crippen LogP contribution in [0.15, 0.2) is 60.7 Å². The molecule has 6 atom stereocenters. The Balaban J connectivity index is 1.61. The summed E-state index contributed by atoms with van der Waals surface area (Å²) in [6, 6.07) is 20.6. The number of Topliss-reactive ketones (excluding diaryl/α,β-unsaturated/α-hetero) is 1. The van der Waals surface area contributed by atoms with E-state index in [1.807, 2.05) is 36.4 Å². The van der Waals surface area contributed by atoms with Crippen molar-refractivity contribution in [1.82, 2.24) is 0 Å². The molecule has 0 spiro atoms. The first-order valence-electron chi connectivity index (χ1n) is 9.15. The first kappa shape index (κ1) is 14.8. The van der Waals surface area contributed by atoms with E-state index in [1.165, 1.54) is 11.1 Å². The van der Waals surface area contributed by atoms with Crippen LogP contribution < -0.4 is 0 Å². The monoisotopic (exact) mass is 328 g/mol. The second kappa shape index (κ2) is 5.50. The molecule has 0 aromatic heterocycles. The maximum Gasteiger partial charge on any atom is 0.276 e. The van der Waals surface area contributed by atoms with Crippen LogP contribution in [0.2, 0.25) is 0 Å². The zero-order valence-corrected chi connectivity index (χ0v) is 14.0. The Kier molecular flexibility index (Phi) is 3.26. The summed E-state index contributed by atoms with van der Waals surface area (Å²) in [4.78, 5) is 17.0. The van der Waals surface area contributed by atoms with E-state index in [0.717, 1.165) is 18.6 Å². The second-order valence-electron chi connectivity index (χ2n) is 7.70. The molecule has 2 aromatic rings. The highest BCUT2D eigenvalue weighted by Crippen LogP contribution is 2.61. The fourth-order valence-electron chi connectivity index (χ4n) is 5.87. The molecule has 0 aliphatic heterocycles. The number of hydrogen-bond acceptors (Lipinski definition) is 1. The van der Waals surface area contributed by atoms with Gasteiger partial charge in [0.1, 0.15) is 5.78 Å². The van der Waals surface area contributed by atoms with Crippen molar-refractivity contribution in [3.05, 3.63) is 77.3 Å². The summed E-state index contributed by atoms with van der Waals surface area (Å²) < 4.78 is 0. The Bertz CT molecular complexity index is 804. The zero-order valence-electron chi connectivity index (χ0n) is 14.0. The topological polar surface area (TPSA) is 53.5 Å². The number of rotatable bonds is 2. The summed E-state index contributed by atoms with van der Waals surface area (Å²) in [7, 11) is 0. The highest BCUT2D eigenvalue weighted by molar-refractivity contribution is 5.98. The van der Waals surface area contributed by atoms with Gasteiger partial charge >= 0.3 is 0 Å². The Labute approximate surface area is 147 Å².